The van der Waals surface area contributed by atoms with Crippen molar-refractivity contribution in [2.45, 2.75) is 156 Å². The SMILES string of the molecule is CC(=O)OC(C)(CCO[Si](C)(C)C(C)(C)C)C[C@@H](C)CCCC(C)(C)O[Si](C)(C)C(C)(C)C. The van der Waals surface area contributed by atoms with E-state index in [9.17, 15) is 4.79 Å². The molecule has 0 aliphatic carbocycles. The fraction of sp³-hybridized carbons (Fsp3) is 0.963. The molecule has 0 aliphatic heterocycles. The summed E-state index contributed by atoms with van der Waals surface area (Å²) in [6, 6.07) is 0. The third-order valence-electron chi connectivity index (χ3n) is 7.88. The van der Waals surface area contributed by atoms with Gasteiger partial charge >= 0.3 is 5.97 Å². The highest BCUT2D eigenvalue weighted by molar-refractivity contribution is 6.74. The summed E-state index contributed by atoms with van der Waals surface area (Å²) >= 11 is 0. The van der Waals surface area contributed by atoms with Crippen LogP contribution in [0.25, 0.3) is 0 Å². The van der Waals surface area contributed by atoms with E-state index in [0.717, 1.165) is 32.1 Å². The van der Waals surface area contributed by atoms with Gasteiger partial charge in [0.25, 0.3) is 0 Å². The van der Waals surface area contributed by atoms with Crippen LogP contribution in [0.4, 0.5) is 0 Å². The quantitative estimate of drug-likeness (QED) is 0.186. The number of hydrogen-bond donors (Lipinski definition) is 0. The highest BCUT2D eigenvalue weighted by Crippen LogP contribution is 2.40. The number of carbonyl (C=O) groups is 1. The molecule has 0 rings (SSSR count). The van der Waals surface area contributed by atoms with Gasteiger partial charge in [-0.05, 0) is 75.8 Å². The zero-order valence-corrected chi connectivity index (χ0v) is 27.0. The Morgan fingerprint density at radius 3 is 1.73 bits per heavy atom. The summed E-state index contributed by atoms with van der Waals surface area (Å²) in [7, 11) is -3.60. The lowest BCUT2D eigenvalue weighted by Crippen LogP contribution is -2.47. The van der Waals surface area contributed by atoms with Gasteiger partial charge in [-0.1, -0.05) is 61.3 Å². The van der Waals surface area contributed by atoms with Crippen LogP contribution in [-0.2, 0) is 18.4 Å². The average Bonchev–Trinajstić information content (AvgIpc) is 2.49. The molecule has 0 N–H and O–H groups in total. The van der Waals surface area contributed by atoms with Crippen molar-refractivity contribution in [3.05, 3.63) is 0 Å². The summed E-state index contributed by atoms with van der Waals surface area (Å²) in [6.07, 6.45) is 4.85. The van der Waals surface area contributed by atoms with Crippen LogP contribution < -0.4 is 0 Å². The highest BCUT2D eigenvalue weighted by atomic mass is 28.4. The van der Waals surface area contributed by atoms with Crippen molar-refractivity contribution in [2.24, 2.45) is 5.92 Å². The van der Waals surface area contributed by atoms with Crippen LogP contribution in [-0.4, -0.2) is 40.4 Å². The molecule has 0 fully saturated rings. The van der Waals surface area contributed by atoms with Gasteiger partial charge in [0.2, 0.25) is 0 Å². The zero-order chi connectivity index (χ0) is 26.5. The summed E-state index contributed by atoms with van der Waals surface area (Å²) in [5, 5.41) is 0.396. The predicted octanol–water partition coefficient (Wildman–Crippen LogP) is 8.72. The second kappa shape index (κ2) is 11.7. The molecule has 0 aromatic carbocycles. The van der Waals surface area contributed by atoms with Crippen molar-refractivity contribution < 1.29 is 18.4 Å². The van der Waals surface area contributed by atoms with E-state index in [1.54, 1.807) is 0 Å². The first-order valence-corrected chi connectivity index (χ1v) is 18.8. The molecule has 4 nitrogen and oxygen atoms in total. The molecule has 0 saturated heterocycles. The van der Waals surface area contributed by atoms with E-state index >= 15 is 0 Å². The Morgan fingerprint density at radius 2 is 1.30 bits per heavy atom. The largest absolute Gasteiger partial charge is 0.459 e. The van der Waals surface area contributed by atoms with E-state index in [1.807, 2.05) is 0 Å². The van der Waals surface area contributed by atoms with Crippen LogP contribution in [0.1, 0.15) is 108 Å². The van der Waals surface area contributed by atoms with Crippen LogP contribution in [0.5, 0.6) is 0 Å². The molecule has 0 saturated carbocycles. The molecule has 0 aromatic heterocycles. The summed E-state index contributed by atoms with van der Waals surface area (Å²) in [4.78, 5) is 11.9. The van der Waals surface area contributed by atoms with E-state index in [-0.39, 0.29) is 21.6 Å². The maximum Gasteiger partial charge on any atom is 0.303 e. The van der Waals surface area contributed by atoms with Gasteiger partial charge in [0.05, 0.1) is 5.60 Å². The first-order valence-electron chi connectivity index (χ1n) is 13.0. The number of esters is 1. The van der Waals surface area contributed by atoms with Gasteiger partial charge in [-0.25, -0.2) is 0 Å². The molecule has 0 aromatic rings. The normalized spacial score (nSPS) is 16.9. The molecule has 2 atom stereocenters. The summed E-state index contributed by atoms with van der Waals surface area (Å²) in [5.41, 5.74) is -0.598. The van der Waals surface area contributed by atoms with Gasteiger partial charge in [-0.2, -0.15) is 0 Å². The van der Waals surface area contributed by atoms with E-state index in [4.69, 9.17) is 13.6 Å². The second-order valence-corrected chi connectivity index (χ2v) is 23.8. The van der Waals surface area contributed by atoms with Crippen molar-refractivity contribution in [1.82, 2.24) is 0 Å². The number of ether oxygens (including phenoxy) is 1. The van der Waals surface area contributed by atoms with Gasteiger partial charge in [0.1, 0.15) is 5.60 Å². The van der Waals surface area contributed by atoms with Crippen molar-refractivity contribution in [1.29, 1.82) is 0 Å². The Hall–Kier alpha value is -0.176. The fourth-order valence-electron chi connectivity index (χ4n) is 3.89. The van der Waals surface area contributed by atoms with Crippen LogP contribution in [0, 0.1) is 5.92 Å². The van der Waals surface area contributed by atoms with Gasteiger partial charge in [-0.15, -0.1) is 0 Å². The Kier molecular flexibility index (Phi) is 11.6. The van der Waals surface area contributed by atoms with Crippen LogP contribution in [0.15, 0.2) is 0 Å². The Morgan fingerprint density at radius 1 is 0.818 bits per heavy atom. The van der Waals surface area contributed by atoms with Gasteiger partial charge < -0.3 is 13.6 Å². The lowest BCUT2D eigenvalue weighted by Gasteiger charge is -2.43. The Bertz CT molecular complexity index is 615. The maximum absolute atomic E-state index is 11.9. The monoisotopic (exact) mass is 502 g/mol. The minimum atomic E-state index is -1.81. The minimum Gasteiger partial charge on any atom is -0.459 e. The topological polar surface area (TPSA) is 44.8 Å². The number of hydrogen-bond acceptors (Lipinski definition) is 4. The van der Waals surface area contributed by atoms with E-state index in [2.05, 4.69) is 95.4 Å². The highest BCUT2D eigenvalue weighted by Gasteiger charge is 2.41. The molecule has 0 amide bonds. The van der Waals surface area contributed by atoms with Crippen LogP contribution in [0.2, 0.25) is 36.3 Å². The van der Waals surface area contributed by atoms with Gasteiger partial charge in [0.15, 0.2) is 16.6 Å². The summed E-state index contributed by atoms with van der Waals surface area (Å²) < 4.78 is 18.9. The smallest absolute Gasteiger partial charge is 0.303 e. The minimum absolute atomic E-state index is 0.112. The average molecular weight is 503 g/mol. The molecule has 1 unspecified atom stereocenters. The first kappa shape index (κ1) is 32.8. The maximum atomic E-state index is 11.9. The van der Waals surface area contributed by atoms with Crippen molar-refractivity contribution in [2.75, 3.05) is 6.61 Å². The molecular formula is C27H58O4Si2. The lowest BCUT2D eigenvalue weighted by atomic mass is 9.86. The molecule has 0 aliphatic rings. The second-order valence-electron chi connectivity index (χ2n) is 14.2. The number of carbonyl (C=O) groups excluding carboxylic acids is 1. The molecule has 198 valence electrons. The third kappa shape index (κ3) is 11.9. The molecule has 0 radical (unpaired) electrons. The predicted molar refractivity (Wildman–Crippen MR) is 148 cm³/mol. The molecule has 0 bridgehead atoms. The standard InChI is InChI=1S/C27H58O4Si2/c1-22(17-16-18-26(9,10)31-33(14,15)25(6,7)8)21-27(11,30-23(2)28)19-20-29-32(12,13)24(3,4)5/h22H,16-21H2,1-15H3/t22-,27?/m0/s1. The molecule has 0 spiro atoms. The number of rotatable bonds is 13. The summed E-state index contributed by atoms with van der Waals surface area (Å²) in [6.45, 7) is 33.8. The fourth-order valence-corrected chi connectivity index (χ4v) is 6.73. The van der Waals surface area contributed by atoms with Gasteiger partial charge in [-0.3, -0.25) is 4.79 Å². The molecular weight excluding hydrogens is 444 g/mol. The van der Waals surface area contributed by atoms with E-state index < -0.39 is 22.2 Å². The van der Waals surface area contributed by atoms with Crippen molar-refractivity contribution >= 4 is 22.6 Å². The van der Waals surface area contributed by atoms with Crippen molar-refractivity contribution in [3.8, 4) is 0 Å². The van der Waals surface area contributed by atoms with Crippen molar-refractivity contribution in [3.63, 3.8) is 0 Å². The van der Waals surface area contributed by atoms with Crippen LogP contribution in [0.3, 0.4) is 0 Å². The zero-order valence-electron chi connectivity index (χ0n) is 25.0. The Labute approximate surface area is 209 Å². The molecule has 0 heterocycles. The van der Waals surface area contributed by atoms with Crippen LogP contribution >= 0.6 is 0 Å². The lowest BCUT2D eigenvalue weighted by molar-refractivity contribution is -0.158. The first-order chi connectivity index (χ1) is 14.4. The third-order valence-corrected chi connectivity index (χ3v) is 17.1. The molecule has 33 heavy (non-hydrogen) atoms. The van der Waals surface area contributed by atoms with E-state index in [1.165, 1.54) is 6.92 Å². The molecule has 6 heteroatoms. The Balaban J connectivity index is 4.90. The summed E-state index contributed by atoms with van der Waals surface area (Å²) in [5.74, 6) is 0.256. The van der Waals surface area contributed by atoms with Gasteiger partial charge in [0, 0.05) is 20.0 Å². The van der Waals surface area contributed by atoms with E-state index in [0.29, 0.717) is 12.5 Å².